The van der Waals surface area contributed by atoms with Crippen molar-refractivity contribution in [3.8, 4) is 0 Å². The van der Waals surface area contributed by atoms with Crippen LogP contribution in [0.1, 0.15) is 41.4 Å². The van der Waals surface area contributed by atoms with Crippen LogP contribution in [0, 0.1) is 0 Å². The van der Waals surface area contributed by atoms with Crippen LogP contribution in [0.5, 0.6) is 0 Å². The van der Waals surface area contributed by atoms with E-state index in [4.69, 9.17) is 11.6 Å². The highest BCUT2D eigenvalue weighted by molar-refractivity contribution is 6.33. The van der Waals surface area contributed by atoms with Crippen LogP contribution in [0.3, 0.4) is 0 Å². The summed E-state index contributed by atoms with van der Waals surface area (Å²) in [7, 11) is 0. The standard InChI is InChI=1S/C23H23ClN4O/c1-23(17-10-4-2-5-11-17,18-12-6-3-7-13-18)27-21(29)20-19(24)16-25-22(26-20)28-14-8-9-15-28/h2-7,10-13,16H,8-9,14-15H2,1H3,(H,27,29). The van der Waals surface area contributed by atoms with Crippen molar-refractivity contribution < 1.29 is 4.79 Å². The number of amides is 1. The lowest BCUT2D eigenvalue weighted by Gasteiger charge is -2.32. The smallest absolute Gasteiger partial charge is 0.272 e. The Labute approximate surface area is 175 Å². The molecule has 1 aliphatic heterocycles. The lowest BCUT2D eigenvalue weighted by atomic mass is 9.84. The van der Waals surface area contributed by atoms with Crippen molar-refractivity contribution in [1.29, 1.82) is 0 Å². The number of aromatic nitrogens is 2. The molecule has 6 heteroatoms. The van der Waals surface area contributed by atoms with E-state index in [1.54, 1.807) is 0 Å². The van der Waals surface area contributed by atoms with Crippen LogP contribution in [0.4, 0.5) is 5.95 Å². The molecule has 1 fully saturated rings. The van der Waals surface area contributed by atoms with E-state index in [1.165, 1.54) is 6.20 Å². The summed E-state index contributed by atoms with van der Waals surface area (Å²) in [6.07, 6.45) is 3.72. The van der Waals surface area contributed by atoms with Gasteiger partial charge in [-0.05, 0) is 30.9 Å². The Kier molecular flexibility index (Phi) is 5.49. The normalized spacial score (nSPS) is 14.1. The first-order valence-corrected chi connectivity index (χ1v) is 10.2. The van der Waals surface area contributed by atoms with Gasteiger partial charge in [0.05, 0.1) is 16.8 Å². The van der Waals surface area contributed by atoms with Crippen molar-refractivity contribution in [3.63, 3.8) is 0 Å². The van der Waals surface area contributed by atoms with Crippen molar-refractivity contribution >= 4 is 23.5 Å². The topological polar surface area (TPSA) is 58.1 Å². The fraction of sp³-hybridized carbons (Fsp3) is 0.261. The quantitative estimate of drug-likeness (QED) is 0.681. The molecule has 2 heterocycles. The van der Waals surface area contributed by atoms with Crippen LogP contribution in [0.25, 0.3) is 0 Å². The second-order valence-corrected chi connectivity index (χ2v) is 7.78. The fourth-order valence-corrected chi connectivity index (χ4v) is 3.90. The van der Waals surface area contributed by atoms with Crippen molar-refractivity contribution in [2.24, 2.45) is 0 Å². The zero-order valence-corrected chi connectivity index (χ0v) is 17.1. The van der Waals surface area contributed by atoms with Gasteiger partial charge < -0.3 is 10.2 Å². The molecule has 2 aromatic carbocycles. The van der Waals surface area contributed by atoms with E-state index in [-0.39, 0.29) is 16.6 Å². The summed E-state index contributed by atoms with van der Waals surface area (Å²) >= 11 is 6.31. The highest BCUT2D eigenvalue weighted by Gasteiger charge is 2.32. The minimum Gasteiger partial charge on any atom is -0.341 e. The molecule has 0 aliphatic carbocycles. The van der Waals surface area contributed by atoms with E-state index in [0.717, 1.165) is 37.1 Å². The van der Waals surface area contributed by atoms with Crippen molar-refractivity contribution in [2.45, 2.75) is 25.3 Å². The van der Waals surface area contributed by atoms with Gasteiger partial charge in [0.2, 0.25) is 5.95 Å². The predicted octanol–water partition coefficient (Wildman–Crippen LogP) is 4.42. The zero-order chi connectivity index (χ0) is 20.3. The molecule has 1 aliphatic rings. The number of nitrogens with zero attached hydrogens (tertiary/aromatic N) is 3. The molecule has 0 radical (unpaired) electrons. The van der Waals surface area contributed by atoms with Gasteiger partial charge in [-0.15, -0.1) is 0 Å². The van der Waals surface area contributed by atoms with Gasteiger partial charge in [-0.3, -0.25) is 4.79 Å². The van der Waals surface area contributed by atoms with Crippen LogP contribution in [-0.4, -0.2) is 29.0 Å². The molecule has 1 saturated heterocycles. The van der Waals surface area contributed by atoms with Gasteiger partial charge in [-0.1, -0.05) is 72.3 Å². The monoisotopic (exact) mass is 406 g/mol. The lowest BCUT2D eigenvalue weighted by molar-refractivity contribution is 0.0914. The van der Waals surface area contributed by atoms with Crippen molar-refractivity contribution in [2.75, 3.05) is 18.0 Å². The van der Waals surface area contributed by atoms with E-state index in [1.807, 2.05) is 67.6 Å². The van der Waals surface area contributed by atoms with E-state index >= 15 is 0 Å². The average molecular weight is 407 g/mol. The molecule has 4 rings (SSSR count). The van der Waals surface area contributed by atoms with Crippen LogP contribution in [0.15, 0.2) is 66.9 Å². The highest BCUT2D eigenvalue weighted by Crippen LogP contribution is 2.30. The van der Waals surface area contributed by atoms with Gasteiger partial charge in [-0.25, -0.2) is 9.97 Å². The second kappa shape index (κ2) is 8.21. The summed E-state index contributed by atoms with van der Waals surface area (Å²) in [5.41, 5.74) is 1.41. The van der Waals surface area contributed by atoms with Crippen LogP contribution in [0.2, 0.25) is 5.02 Å². The highest BCUT2D eigenvalue weighted by atomic mass is 35.5. The lowest BCUT2D eigenvalue weighted by Crippen LogP contribution is -2.45. The van der Waals surface area contributed by atoms with Crippen molar-refractivity contribution in [1.82, 2.24) is 15.3 Å². The number of anilines is 1. The molecule has 0 bridgehead atoms. The van der Waals surface area contributed by atoms with Gasteiger partial charge in [0.25, 0.3) is 5.91 Å². The van der Waals surface area contributed by atoms with Gasteiger partial charge in [0.15, 0.2) is 5.69 Å². The Morgan fingerprint density at radius 3 is 2.10 bits per heavy atom. The van der Waals surface area contributed by atoms with Crippen LogP contribution in [-0.2, 0) is 5.54 Å². The van der Waals surface area contributed by atoms with E-state index in [9.17, 15) is 4.79 Å². The Morgan fingerprint density at radius 1 is 1.00 bits per heavy atom. The van der Waals surface area contributed by atoms with E-state index < -0.39 is 5.54 Å². The first-order chi connectivity index (χ1) is 14.1. The van der Waals surface area contributed by atoms with Crippen LogP contribution >= 0.6 is 11.6 Å². The number of benzene rings is 2. The molecule has 0 atom stereocenters. The molecule has 1 N–H and O–H groups in total. The first-order valence-electron chi connectivity index (χ1n) is 9.79. The average Bonchev–Trinajstić information content (AvgIpc) is 3.30. The summed E-state index contributed by atoms with van der Waals surface area (Å²) in [4.78, 5) is 24.2. The number of rotatable bonds is 5. The minimum absolute atomic E-state index is 0.196. The minimum atomic E-state index is -0.734. The Balaban J connectivity index is 1.70. The van der Waals surface area contributed by atoms with E-state index in [0.29, 0.717) is 5.95 Å². The number of hydrogen-bond donors (Lipinski definition) is 1. The molecule has 0 saturated carbocycles. The number of hydrogen-bond acceptors (Lipinski definition) is 4. The summed E-state index contributed by atoms with van der Waals surface area (Å²) in [6.45, 7) is 3.79. The molecule has 148 valence electrons. The molecular formula is C23H23ClN4O. The number of carbonyl (C=O) groups excluding carboxylic acids is 1. The predicted molar refractivity (Wildman–Crippen MR) is 115 cm³/mol. The molecule has 5 nitrogen and oxygen atoms in total. The third-order valence-corrected chi connectivity index (χ3v) is 5.68. The number of halogens is 1. The summed E-state index contributed by atoms with van der Waals surface area (Å²) in [5.74, 6) is 0.228. The molecule has 3 aromatic rings. The van der Waals surface area contributed by atoms with Crippen molar-refractivity contribution in [3.05, 3.63) is 88.7 Å². The van der Waals surface area contributed by atoms with Crippen LogP contribution < -0.4 is 10.2 Å². The van der Waals surface area contributed by atoms with Gasteiger partial charge in [0, 0.05) is 13.1 Å². The Bertz CT molecular complexity index is 949. The second-order valence-electron chi connectivity index (χ2n) is 7.37. The van der Waals surface area contributed by atoms with Gasteiger partial charge >= 0.3 is 0 Å². The summed E-state index contributed by atoms with van der Waals surface area (Å²) < 4.78 is 0. The zero-order valence-electron chi connectivity index (χ0n) is 16.3. The molecule has 0 unspecified atom stereocenters. The third kappa shape index (κ3) is 3.96. The molecular weight excluding hydrogens is 384 g/mol. The van der Waals surface area contributed by atoms with Gasteiger partial charge in [-0.2, -0.15) is 0 Å². The maximum absolute atomic E-state index is 13.3. The maximum atomic E-state index is 13.3. The SMILES string of the molecule is CC(NC(=O)c1nc(N2CCCC2)ncc1Cl)(c1ccccc1)c1ccccc1. The molecule has 29 heavy (non-hydrogen) atoms. The molecule has 0 spiro atoms. The fourth-order valence-electron chi connectivity index (χ4n) is 3.73. The van der Waals surface area contributed by atoms with E-state index in [2.05, 4.69) is 20.2 Å². The number of nitrogens with one attached hydrogen (secondary N) is 1. The van der Waals surface area contributed by atoms with Gasteiger partial charge in [0.1, 0.15) is 0 Å². The molecule has 1 aromatic heterocycles. The maximum Gasteiger partial charge on any atom is 0.272 e. The number of carbonyl (C=O) groups is 1. The Hall–Kier alpha value is -2.92. The largest absolute Gasteiger partial charge is 0.341 e. The Morgan fingerprint density at radius 2 is 1.55 bits per heavy atom. The first kappa shape index (κ1) is 19.4. The summed E-state index contributed by atoms with van der Waals surface area (Å²) in [6, 6.07) is 19.8. The summed E-state index contributed by atoms with van der Waals surface area (Å²) in [5, 5.41) is 3.41. The third-order valence-electron chi connectivity index (χ3n) is 5.40. The molecule has 1 amide bonds.